The van der Waals surface area contributed by atoms with Crippen LogP contribution in [-0.4, -0.2) is 36.6 Å². The first kappa shape index (κ1) is 17.9. The van der Waals surface area contributed by atoms with E-state index in [4.69, 9.17) is 9.47 Å². The standard InChI is InChI=1S/C19H19N3O3S/c1-24-16-7-6-13(11-17(16)25-2)19(23)21-10-8-18-22-15(12-26-18)14-5-3-4-9-20-14/h3-7,9,11-12H,8,10H2,1-2H3,(H,21,23). The summed E-state index contributed by atoms with van der Waals surface area (Å²) >= 11 is 1.56. The van der Waals surface area contributed by atoms with Gasteiger partial charge in [0, 0.05) is 30.1 Å². The average Bonchev–Trinajstić information content (AvgIpc) is 3.17. The van der Waals surface area contributed by atoms with Crippen molar-refractivity contribution in [3.63, 3.8) is 0 Å². The Kier molecular flexibility index (Phi) is 5.80. The normalized spacial score (nSPS) is 10.4. The Hall–Kier alpha value is -2.93. The monoisotopic (exact) mass is 369 g/mol. The fourth-order valence-corrected chi connectivity index (χ4v) is 3.21. The maximum Gasteiger partial charge on any atom is 0.251 e. The van der Waals surface area contributed by atoms with Crippen LogP contribution < -0.4 is 14.8 Å². The summed E-state index contributed by atoms with van der Waals surface area (Å²) in [4.78, 5) is 21.2. The molecule has 1 amide bonds. The predicted octanol–water partition coefficient (Wildman–Crippen LogP) is 3.19. The highest BCUT2D eigenvalue weighted by Gasteiger charge is 2.11. The van der Waals surface area contributed by atoms with E-state index in [1.54, 1.807) is 50.0 Å². The molecule has 6 nitrogen and oxygen atoms in total. The molecule has 0 aliphatic carbocycles. The Morgan fingerprint density at radius 1 is 1.12 bits per heavy atom. The van der Waals surface area contributed by atoms with E-state index in [-0.39, 0.29) is 5.91 Å². The van der Waals surface area contributed by atoms with Crippen LogP contribution in [0.3, 0.4) is 0 Å². The van der Waals surface area contributed by atoms with Gasteiger partial charge in [-0.3, -0.25) is 9.78 Å². The van der Waals surface area contributed by atoms with Gasteiger partial charge in [0.2, 0.25) is 0 Å². The highest BCUT2D eigenvalue weighted by atomic mass is 32.1. The lowest BCUT2D eigenvalue weighted by molar-refractivity contribution is 0.0953. The smallest absolute Gasteiger partial charge is 0.251 e. The molecule has 26 heavy (non-hydrogen) atoms. The number of nitrogens with zero attached hydrogens (tertiary/aromatic N) is 2. The molecule has 2 aromatic heterocycles. The van der Waals surface area contributed by atoms with E-state index in [9.17, 15) is 4.79 Å². The van der Waals surface area contributed by atoms with E-state index in [1.807, 2.05) is 23.6 Å². The molecule has 3 aromatic rings. The number of amides is 1. The number of aromatic nitrogens is 2. The van der Waals surface area contributed by atoms with Crippen molar-refractivity contribution in [1.82, 2.24) is 15.3 Å². The van der Waals surface area contributed by atoms with Gasteiger partial charge in [0.05, 0.1) is 30.6 Å². The van der Waals surface area contributed by atoms with Gasteiger partial charge < -0.3 is 14.8 Å². The van der Waals surface area contributed by atoms with Crippen LogP contribution in [0.15, 0.2) is 48.0 Å². The summed E-state index contributed by atoms with van der Waals surface area (Å²) in [5.41, 5.74) is 2.23. The molecular formula is C19H19N3O3S. The summed E-state index contributed by atoms with van der Waals surface area (Å²) in [5, 5.41) is 5.84. The fourth-order valence-electron chi connectivity index (χ4n) is 2.42. The van der Waals surface area contributed by atoms with Crippen LogP contribution in [0.25, 0.3) is 11.4 Å². The zero-order chi connectivity index (χ0) is 18.4. The number of hydrogen-bond acceptors (Lipinski definition) is 6. The molecule has 0 atom stereocenters. The van der Waals surface area contributed by atoms with Gasteiger partial charge in [-0.2, -0.15) is 0 Å². The highest BCUT2D eigenvalue weighted by Crippen LogP contribution is 2.27. The number of thiazole rings is 1. The first-order valence-corrected chi connectivity index (χ1v) is 8.95. The van der Waals surface area contributed by atoms with Crippen molar-refractivity contribution in [1.29, 1.82) is 0 Å². The SMILES string of the molecule is COc1ccc(C(=O)NCCc2nc(-c3ccccn3)cs2)cc1OC. The molecule has 0 saturated heterocycles. The third-order valence-corrected chi connectivity index (χ3v) is 4.66. The number of rotatable bonds is 7. The van der Waals surface area contributed by atoms with Gasteiger partial charge in [-0.1, -0.05) is 6.07 Å². The average molecular weight is 369 g/mol. The van der Waals surface area contributed by atoms with Gasteiger partial charge in [-0.05, 0) is 30.3 Å². The van der Waals surface area contributed by atoms with Crippen molar-refractivity contribution < 1.29 is 14.3 Å². The number of methoxy groups -OCH3 is 2. The number of pyridine rings is 1. The summed E-state index contributed by atoms with van der Waals surface area (Å²) in [5.74, 6) is 0.960. The number of nitrogens with one attached hydrogen (secondary N) is 1. The van der Waals surface area contributed by atoms with Crippen LogP contribution in [-0.2, 0) is 6.42 Å². The summed E-state index contributed by atoms with van der Waals surface area (Å²) in [6.07, 6.45) is 2.41. The zero-order valence-corrected chi connectivity index (χ0v) is 15.4. The minimum absolute atomic E-state index is 0.160. The Morgan fingerprint density at radius 3 is 2.69 bits per heavy atom. The topological polar surface area (TPSA) is 73.3 Å². The van der Waals surface area contributed by atoms with Crippen molar-refractivity contribution in [2.24, 2.45) is 0 Å². The second-order valence-electron chi connectivity index (χ2n) is 5.42. The maximum absolute atomic E-state index is 12.3. The van der Waals surface area contributed by atoms with Crippen LogP contribution in [0.4, 0.5) is 0 Å². The van der Waals surface area contributed by atoms with Crippen molar-refractivity contribution in [3.8, 4) is 22.9 Å². The number of hydrogen-bond donors (Lipinski definition) is 1. The minimum Gasteiger partial charge on any atom is -0.493 e. The molecule has 1 N–H and O–H groups in total. The molecule has 0 bridgehead atoms. The van der Waals surface area contributed by atoms with E-state index in [0.29, 0.717) is 30.0 Å². The van der Waals surface area contributed by atoms with Gasteiger partial charge in [0.25, 0.3) is 5.91 Å². The van der Waals surface area contributed by atoms with Crippen molar-refractivity contribution >= 4 is 17.2 Å². The molecule has 0 spiro atoms. The van der Waals surface area contributed by atoms with Crippen LogP contribution in [0, 0.1) is 0 Å². The van der Waals surface area contributed by atoms with Gasteiger partial charge >= 0.3 is 0 Å². The molecule has 2 heterocycles. The number of carbonyl (C=O) groups is 1. The van der Waals surface area contributed by atoms with Crippen LogP contribution >= 0.6 is 11.3 Å². The van der Waals surface area contributed by atoms with E-state index in [0.717, 1.165) is 16.4 Å². The number of benzene rings is 1. The van der Waals surface area contributed by atoms with Crippen molar-refractivity contribution in [3.05, 3.63) is 58.5 Å². The first-order chi connectivity index (χ1) is 12.7. The van der Waals surface area contributed by atoms with Gasteiger partial charge in [-0.15, -0.1) is 11.3 Å². The molecule has 7 heteroatoms. The Bertz CT molecular complexity index is 881. The second kappa shape index (κ2) is 8.44. The van der Waals surface area contributed by atoms with Gasteiger partial charge in [0.15, 0.2) is 11.5 Å². The Morgan fingerprint density at radius 2 is 1.96 bits per heavy atom. The van der Waals surface area contributed by atoms with Crippen molar-refractivity contribution in [2.75, 3.05) is 20.8 Å². The molecule has 0 radical (unpaired) electrons. The molecule has 0 aliphatic rings. The third-order valence-electron chi connectivity index (χ3n) is 3.75. The lowest BCUT2D eigenvalue weighted by Gasteiger charge is -2.09. The van der Waals surface area contributed by atoms with E-state index in [2.05, 4.69) is 15.3 Å². The quantitative estimate of drug-likeness (QED) is 0.692. The van der Waals surface area contributed by atoms with Crippen LogP contribution in [0.2, 0.25) is 0 Å². The fraction of sp³-hybridized carbons (Fsp3) is 0.211. The third kappa shape index (κ3) is 4.18. The van der Waals surface area contributed by atoms with Crippen molar-refractivity contribution in [2.45, 2.75) is 6.42 Å². The summed E-state index contributed by atoms with van der Waals surface area (Å²) in [7, 11) is 3.10. The molecule has 0 fully saturated rings. The van der Waals surface area contributed by atoms with Gasteiger partial charge in [0.1, 0.15) is 0 Å². The Labute approximate surface area is 155 Å². The summed E-state index contributed by atoms with van der Waals surface area (Å²) in [6, 6.07) is 10.8. The number of carbonyl (C=O) groups excluding carboxylic acids is 1. The van der Waals surface area contributed by atoms with E-state index >= 15 is 0 Å². The molecule has 0 saturated carbocycles. The molecule has 0 unspecified atom stereocenters. The van der Waals surface area contributed by atoms with E-state index in [1.165, 1.54) is 0 Å². The largest absolute Gasteiger partial charge is 0.493 e. The molecule has 1 aromatic carbocycles. The van der Waals surface area contributed by atoms with Crippen LogP contribution in [0.5, 0.6) is 11.5 Å². The number of ether oxygens (including phenoxy) is 2. The maximum atomic E-state index is 12.3. The first-order valence-electron chi connectivity index (χ1n) is 8.07. The highest BCUT2D eigenvalue weighted by molar-refractivity contribution is 7.09. The van der Waals surface area contributed by atoms with Gasteiger partial charge in [-0.25, -0.2) is 4.98 Å². The zero-order valence-electron chi connectivity index (χ0n) is 14.6. The molecule has 3 rings (SSSR count). The summed E-state index contributed by atoms with van der Waals surface area (Å²) < 4.78 is 10.4. The van der Waals surface area contributed by atoms with Crippen LogP contribution in [0.1, 0.15) is 15.4 Å². The molecule has 0 aliphatic heterocycles. The van der Waals surface area contributed by atoms with E-state index < -0.39 is 0 Å². The Balaban J connectivity index is 1.57. The predicted molar refractivity (Wildman–Crippen MR) is 101 cm³/mol. The molecular weight excluding hydrogens is 350 g/mol. The minimum atomic E-state index is -0.160. The lowest BCUT2D eigenvalue weighted by atomic mass is 10.2. The second-order valence-corrected chi connectivity index (χ2v) is 6.36. The summed E-state index contributed by atoms with van der Waals surface area (Å²) in [6.45, 7) is 0.502. The lowest BCUT2D eigenvalue weighted by Crippen LogP contribution is -2.25. The molecule has 134 valence electrons.